The van der Waals surface area contributed by atoms with Gasteiger partial charge in [0.15, 0.2) is 0 Å². The predicted molar refractivity (Wildman–Crippen MR) is 80.1 cm³/mol. The van der Waals surface area contributed by atoms with Gasteiger partial charge in [-0.3, -0.25) is 4.79 Å². The van der Waals surface area contributed by atoms with E-state index in [1.54, 1.807) is 0 Å². The van der Waals surface area contributed by atoms with E-state index in [0.717, 1.165) is 28.5 Å². The van der Waals surface area contributed by atoms with Crippen molar-refractivity contribution in [2.75, 3.05) is 13.7 Å². The number of hydrogen-bond donors (Lipinski definition) is 0. The first-order chi connectivity index (χ1) is 9.76. The molecule has 106 valence electrons. The van der Waals surface area contributed by atoms with Crippen molar-refractivity contribution in [1.29, 1.82) is 0 Å². The molecule has 3 heteroatoms. The fourth-order valence-corrected chi connectivity index (χ4v) is 2.25. The Labute approximate surface area is 119 Å². The molecule has 20 heavy (non-hydrogen) atoms. The molecule has 0 aromatic heterocycles. The van der Waals surface area contributed by atoms with Gasteiger partial charge in [0.25, 0.3) is 0 Å². The normalized spacial score (nSPS) is 10.5. The van der Waals surface area contributed by atoms with E-state index in [2.05, 4.69) is 25.1 Å². The molecule has 0 amide bonds. The van der Waals surface area contributed by atoms with Gasteiger partial charge >= 0.3 is 5.97 Å². The SMILES string of the molecule is CCCOc1ccc2ccccc2c1CCC(=O)OC. The number of carbonyl (C=O) groups is 1. The molecule has 0 saturated carbocycles. The molecule has 0 heterocycles. The standard InChI is InChI=1S/C17H20O3/c1-3-12-20-16-10-8-13-6-4-5-7-14(13)15(16)9-11-17(18)19-2/h4-8,10H,3,9,11-12H2,1-2H3. The van der Waals surface area contributed by atoms with Crippen molar-refractivity contribution < 1.29 is 14.3 Å². The number of aryl methyl sites for hydroxylation is 1. The molecular formula is C17H20O3. The molecule has 0 bridgehead atoms. The van der Waals surface area contributed by atoms with Crippen LogP contribution < -0.4 is 4.74 Å². The highest BCUT2D eigenvalue weighted by Gasteiger charge is 2.11. The molecule has 0 aliphatic rings. The van der Waals surface area contributed by atoms with Gasteiger partial charge in [-0.25, -0.2) is 0 Å². The third-order valence-electron chi connectivity index (χ3n) is 3.27. The Morgan fingerprint density at radius 3 is 2.70 bits per heavy atom. The van der Waals surface area contributed by atoms with Gasteiger partial charge in [-0.15, -0.1) is 0 Å². The molecule has 0 atom stereocenters. The van der Waals surface area contributed by atoms with Crippen LogP contribution in [0, 0.1) is 0 Å². The maximum Gasteiger partial charge on any atom is 0.305 e. The number of esters is 1. The summed E-state index contributed by atoms with van der Waals surface area (Å²) in [6.45, 7) is 2.76. The Morgan fingerprint density at radius 1 is 1.15 bits per heavy atom. The van der Waals surface area contributed by atoms with Crippen LogP contribution in [0.5, 0.6) is 5.75 Å². The van der Waals surface area contributed by atoms with Crippen LogP contribution in [0.25, 0.3) is 10.8 Å². The van der Waals surface area contributed by atoms with E-state index in [-0.39, 0.29) is 5.97 Å². The Hall–Kier alpha value is -2.03. The zero-order chi connectivity index (χ0) is 14.4. The van der Waals surface area contributed by atoms with Crippen molar-refractivity contribution in [3.05, 3.63) is 42.0 Å². The van der Waals surface area contributed by atoms with E-state index < -0.39 is 0 Å². The third kappa shape index (κ3) is 3.29. The Balaban J connectivity index is 2.36. The largest absolute Gasteiger partial charge is 0.493 e. The van der Waals surface area contributed by atoms with Gasteiger partial charge in [0, 0.05) is 12.0 Å². The highest BCUT2D eigenvalue weighted by molar-refractivity contribution is 5.88. The molecule has 0 N–H and O–H groups in total. The number of fused-ring (bicyclic) bond motifs is 1. The fraction of sp³-hybridized carbons (Fsp3) is 0.353. The summed E-state index contributed by atoms with van der Waals surface area (Å²) in [5.74, 6) is 0.675. The summed E-state index contributed by atoms with van der Waals surface area (Å²) in [5, 5.41) is 2.31. The quantitative estimate of drug-likeness (QED) is 0.752. The average Bonchev–Trinajstić information content (AvgIpc) is 2.50. The molecule has 0 radical (unpaired) electrons. The number of benzene rings is 2. The van der Waals surface area contributed by atoms with Crippen LogP contribution in [0.4, 0.5) is 0 Å². The lowest BCUT2D eigenvalue weighted by molar-refractivity contribution is -0.140. The molecule has 2 aromatic carbocycles. The number of hydrogen-bond acceptors (Lipinski definition) is 3. The molecule has 0 aliphatic heterocycles. The summed E-state index contributed by atoms with van der Waals surface area (Å²) in [6, 6.07) is 12.2. The van der Waals surface area contributed by atoms with Crippen molar-refractivity contribution in [3.8, 4) is 5.75 Å². The summed E-state index contributed by atoms with van der Waals surface area (Å²) < 4.78 is 10.5. The third-order valence-corrected chi connectivity index (χ3v) is 3.27. The van der Waals surface area contributed by atoms with Crippen molar-refractivity contribution in [1.82, 2.24) is 0 Å². The van der Waals surface area contributed by atoms with Crippen LogP contribution in [-0.2, 0) is 16.0 Å². The van der Waals surface area contributed by atoms with Gasteiger partial charge in [0.05, 0.1) is 13.7 Å². The second-order valence-electron chi connectivity index (χ2n) is 4.69. The number of rotatable bonds is 6. The van der Waals surface area contributed by atoms with Gasteiger partial charge in [-0.2, -0.15) is 0 Å². The van der Waals surface area contributed by atoms with Crippen LogP contribution in [0.3, 0.4) is 0 Å². The van der Waals surface area contributed by atoms with E-state index >= 15 is 0 Å². The zero-order valence-electron chi connectivity index (χ0n) is 12.0. The van der Waals surface area contributed by atoms with E-state index in [1.807, 2.05) is 18.2 Å². The predicted octanol–water partition coefficient (Wildman–Crippen LogP) is 3.73. The first-order valence-electron chi connectivity index (χ1n) is 6.96. The maximum absolute atomic E-state index is 11.4. The van der Waals surface area contributed by atoms with Crippen LogP contribution >= 0.6 is 0 Å². The summed E-state index contributed by atoms with van der Waals surface area (Å²) in [7, 11) is 1.42. The van der Waals surface area contributed by atoms with E-state index in [4.69, 9.17) is 9.47 Å². The number of methoxy groups -OCH3 is 1. The molecule has 2 aromatic rings. The summed E-state index contributed by atoms with van der Waals surface area (Å²) in [5.41, 5.74) is 1.09. The van der Waals surface area contributed by atoms with Crippen LogP contribution in [0.15, 0.2) is 36.4 Å². The van der Waals surface area contributed by atoms with Gasteiger partial charge in [0.1, 0.15) is 5.75 Å². The Morgan fingerprint density at radius 2 is 1.95 bits per heavy atom. The van der Waals surface area contributed by atoms with E-state index in [9.17, 15) is 4.79 Å². The van der Waals surface area contributed by atoms with E-state index in [0.29, 0.717) is 19.4 Å². The lowest BCUT2D eigenvalue weighted by Gasteiger charge is -2.13. The smallest absolute Gasteiger partial charge is 0.305 e. The molecule has 3 nitrogen and oxygen atoms in total. The van der Waals surface area contributed by atoms with Crippen LogP contribution in [0.1, 0.15) is 25.3 Å². The minimum atomic E-state index is -0.195. The van der Waals surface area contributed by atoms with Crippen molar-refractivity contribution in [2.45, 2.75) is 26.2 Å². The molecule has 0 unspecified atom stereocenters. The number of ether oxygens (including phenoxy) is 2. The topological polar surface area (TPSA) is 35.5 Å². The highest BCUT2D eigenvalue weighted by atomic mass is 16.5. The lowest BCUT2D eigenvalue weighted by Crippen LogP contribution is -2.05. The molecule has 0 aliphatic carbocycles. The molecule has 0 spiro atoms. The Bertz CT molecular complexity index is 590. The summed E-state index contributed by atoms with van der Waals surface area (Å²) >= 11 is 0. The van der Waals surface area contributed by atoms with Crippen LogP contribution in [-0.4, -0.2) is 19.7 Å². The van der Waals surface area contributed by atoms with Gasteiger partial charge in [-0.1, -0.05) is 37.3 Å². The molecule has 2 rings (SSSR count). The summed E-state index contributed by atoms with van der Waals surface area (Å²) in [6.07, 6.45) is 1.96. The van der Waals surface area contributed by atoms with Crippen molar-refractivity contribution in [2.24, 2.45) is 0 Å². The first kappa shape index (κ1) is 14.4. The van der Waals surface area contributed by atoms with E-state index in [1.165, 1.54) is 7.11 Å². The first-order valence-corrected chi connectivity index (χ1v) is 6.96. The minimum absolute atomic E-state index is 0.195. The van der Waals surface area contributed by atoms with Crippen LogP contribution in [0.2, 0.25) is 0 Å². The van der Waals surface area contributed by atoms with Gasteiger partial charge < -0.3 is 9.47 Å². The fourth-order valence-electron chi connectivity index (χ4n) is 2.25. The number of carbonyl (C=O) groups excluding carboxylic acids is 1. The van der Waals surface area contributed by atoms with Gasteiger partial charge in [-0.05, 0) is 29.7 Å². The molecular weight excluding hydrogens is 252 g/mol. The zero-order valence-corrected chi connectivity index (χ0v) is 12.0. The average molecular weight is 272 g/mol. The summed E-state index contributed by atoms with van der Waals surface area (Å²) in [4.78, 5) is 11.4. The Kier molecular flexibility index (Phi) is 4.99. The van der Waals surface area contributed by atoms with Crippen molar-refractivity contribution in [3.63, 3.8) is 0 Å². The monoisotopic (exact) mass is 272 g/mol. The van der Waals surface area contributed by atoms with Gasteiger partial charge in [0.2, 0.25) is 0 Å². The highest BCUT2D eigenvalue weighted by Crippen LogP contribution is 2.29. The molecule has 0 saturated heterocycles. The second kappa shape index (κ2) is 6.94. The second-order valence-corrected chi connectivity index (χ2v) is 4.69. The lowest BCUT2D eigenvalue weighted by atomic mass is 10.00. The minimum Gasteiger partial charge on any atom is -0.493 e. The molecule has 0 fully saturated rings. The maximum atomic E-state index is 11.4. The van der Waals surface area contributed by atoms with Crippen molar-refractivity contribution >= 4 is 16.7 Å².